The maximum Gasteiger partial charge on any atom is 0.338 e. The molecule has 184 valence electrons. The second kappa shape index (κ2) is 9.25. The Labute approximate surface area is 215 Å². The molecule has 0 fully saturated rings. The zero-order chi connectivity index (χ0) is 25.5. The van der Waals surface area contributed by atoms with Crippen LogP contribution in [0.3, 0.4) is 0 Å². The first-order valence-corrected chi connectivity index (χ1v) is 12.4. The molecule has 5 nitrogen and oxygen atoms in total. The van der Waals surface area contributed by atoms with E-state index in [9.17, 15) is 9.59 Å². The normalized spacial score (nSPS) is 20.9. The van der Waals surface area contributed by atoms with Crippen LogP contribution in [-0.2, 0) is 9.47 Å². The van der Waals surface area contributed by atoms with E-state index in [4.69, 9.17) is 14.2 Å². The molecular weight excluding hydrogens is 464 g/mol. The number of hydrogen-bond acceptors (Lipinski definition) is 5. The van der Waals surface area contributed by atoms with Gasteiger partial charge in [-0.05, 0) is 65.6 Å². The van der Waals surface area contributed by atoms with Crippen LogP contribution in [0.2, 0.25) is 0 Å². The third-order valence-corrected chi connectivity index (χ3v) is 7.41. The highest BCUT2D eigenvalue weighted by molar-refractivity contribution is 5.91. The lowest BCUT2D eigenvalue weighted by Gasteiger charge is -2.49. The van der Waals surface area contributed by atoms with Crippen molar-refractivity contribution >= 4 is 11.9 Å². The second-order valence-corrected chi connectivity index (χ2v) is 9.55. The molecule has 0 amide bonds. The van der Waals surface area contributed by atoms with Crippen LogP contribution < -0.4 is 4.74 Å². The van der Waals surface area contributed by atoms with Gasteiger partial charge >= 0.3 is 11.9 Å². The summed E-state index contributed by atoms with van der Waals surface area (Å²) in [5, 5.41) is 0. The fourth-order valence-electron chi connectivity index (χ4n) is 5.65. The zero-order valence-corrected chi connectivity index (χ0v) is 20.6. The summed E-state index contributed by atoms with van der Waals surface area (Å²) in [7, 11) is 1.58. The van der Waals surface area contributed by atoms with Gasteiger partial charge in [-0.25, -0.2) is 9.59 Å². The van der Waals surface area contributed by atoms with Crippen LogP contribution in [0.5, 0.6) is 5.75 Å². The molecule has 4 aromatic rings. The summed E-state index contributed by atoms with van der Waals surface area (Å²) in [5.74, 6) is -0.749. The van der Waals surface area contributed by atoms with Crippen molar-refractivity contribution in [3.63, 3.8) is 0 Å². The Bertz CT molecular complexity index is 1420. The van der Waals surface area contributed by atoms with Crippen LogP contribution in [0.25, 0.3) is 0 Å². The van der Waals surface area contributed by atoms with E-state index in [0.717, 1.165) is 27.8 Å². The summed E-state index contributed by atoms with van der Waals surface area (Å²) in [5.41, 5.74) is 6.33. The van der Waals surface area contributed by atoms with Gasteiger partial charge in [0.05, 0.1) is 30.1 Å². The van der Waals surface area contributed by atoms with E-state index in [1.165, 1.54) is 0 Å². The molecule has 0 saturated heterocycles. The summed E-state index contributed by atoms with van der Waals surface area (Å²) in [6, 6.07) is 30.4. The van der Waals surface area contributed by atoms with E-state index in [2.05, 4.69) is 24.3 Å². The van der Waals surface area contributed by atoms with E-state index in [0.29, 0.717) is 16.9 Å². The Hall–Kier alpha value is -4.38. The third-order valence-electron chi connectivity index (χ3n) is 7.41. The van der Waals surface area contributed by atoms with Gasteiger partial charge in [0.2, 0.25) is 0 Å². The topological polar surface area (TPSA) is 61.8 Å². The fraction of sp³-hybridized carbons (Fsp3) is 0.188. The molecule has 2 bridgehead atoms. The predicted molar refractivity (Wildman–Crippen MR) is 139 cm³/mol. The highest BCUT2D eigenvalue weighted by Crippen LogP contribution is 2.54. The van der Waals surface area contributed by atoms with Crippen LogP contribution in [0.1, 0.15) is 60.4 Å². The van der Waals surface area contributed by atoms with Crippen LogP contribution in [0.4, 0.5) is 0 Å². The quantitative estimate of drug-likeness (QED) is 0.319. The lowest BCUT2D eigenvalue weighted by molar-refractivity contribution is -0.0557. The molecule has 5 heteroatoms. The Morgan fingerprint density at radius 3 is 1.32 bits per heavy atom. The number of aryl methyl sites for hydroxylation is 1. The molecule has 0 N–H and O–H groups in total. The van der Waals surface area contributed by atoms with Crippen LogP contribution in [0.15, 0.2) is 97.1 Å². The molecule has 0 heterocycles. The van der Waals surface area contributed by atoms with Crippen molar-refractivity contribution in [2.24, 2.45) is 0 Å². The van der Waals surface area contributed by atoms with Gasteiger partial charge in [0.25, 0.3) is 0 Å². The number of hydrogen-bond donors (Lipinski definition) is 0. The van der Waals surface area contributed by atoms with Crippen molar-refractivity contribution in [2.45, 2.75) is 31.0 Å². The van der Waals surface area contributed by atoms with Crippen molar-refractivity contribution in [3.05, 3.63) is 136 Å². The zero-order valence-electron chi connectivity index (χ0n) is 20.6. The molecule has 2 unspecified atom stereocenters. The van der Waals surface area contributed by atoms with E-state index >= 15 is 0 Å². The number of ether oxygens (including phenoxy) is 3. The summed E-state index contributed by atoms with van der Waals surface area (Å²) >= 11 is 0. The molecule has 3 aliphatic rings. The summed E-state index contributed by atoms with van der Waals surface area (Å²) in [6.45, 7) is 1.97. The number of benzene rings is 4. The standard InChI is InChI=1S/C32H26O5/c1-19-11-13-20(14-12-19)31(33)36-29-27-23-7-3-5-9-25(23)28(26-10-6-4-8-24(26)27)30(29)37-32(34)21-15-17-22(35-2)18-16-21/h3-18,27-30H,1-2H3/t27-,28-,29?,30?. The number of carbonyl (C=O) groups is 2. The van der Waals surface area contributed by atoms with Crippen molar-refractivity contribution in [3.8, 4) is 5.75 Å². The van der Waals surface area contributed by atoms with Gasteiger partial charge in [0, 0.05) is 0 Å². The number of methoxy groups -OCH3 is 1. The average Bonchev–Trinajstić information content (AvgIpc) is 2.94. The van der Waals surface area contributed by atoms with E-state index in [1.54, 1.807) is 43.5 Å². The Morgan fingerprint density at radius 1 is 0.568 bits per heavy atom. The lowest BCUT2D eigenvalue weighted by Crippen LogP contribution is -2.51. The maximum atomic E-state index is 13.3. The molecule has 0 spiro atoms. The van der Waals surface area contributed by atoms with E-state index in [-0.39, 0.29) is 11.8 Å². The van der Waals surface area contributed by atoms with Gasteiger partial charge in [0.15, 0.2) is 12.2 Å². The van der Waals surface area contributed by atoms with Gasteiger partial charge in [0.1, 0.15) is 5.75 Å². The highest BCUT2D eigenvalue weighted by atomic mass is 16.6. The van der Waals surface area contributed by atoms with Crippen LogP contribution in [-0.4, -0.2) is 31.3 Å². The first-order valence-electron chi connectivity index (χ1n) is 12.4. The first-order chi connectivity index (χ1) is 18.0. The second-order valence-electron chi connectivity index (χ2n) is 9.55. The minimum Gasteiger partial charge on any atom is -0.497 e. The molecule has 0 radical (unpaired) electrons. The minimum atomic E-state index is -0.682. The maximum absolute atomic E-state index is 13.3. The molecule has 37 heavy (non-hydrogen) atoms. The van der Waals surface area contributed by atoms with Gasteiger partial charge in [-0.15, -0.1) is 0 Å². The Morgan fingerprint density at radius 2 is 0.946 bits per heavy atom. The Balaban J connectivity index is 1.42. The molecule has 3 aliphatic carbocycles. The van der Waals surface area contributed by atoms with Crippen molar-refractivity contribution in [2.75, 3.05) is 7.11 Å². The number of rotatable bonds is 5. The number of fused-ring (bicyclic) bond motifs is 1. The molecule has 0 saturated carbocycles. The van der Waals surface area contributed by atoms with Gasteiger partial charge in [-0.2, -0.15) is 0 Å². The van der Waals surface area contributed by atoms with E-state index < -0.39 is 24.1 Å². The summed E-state index contributed by atoms with van der Waals surface area (Å²) in [6.07, 6.45) is -1.36. The summed E-state index contributed by atoms with van der Waals surface area (Å²) < 4.78 is 17.6. The van der Waals surface area contributed by atoms with Crippen molar-refractivity contribution in [1.82, 2.24) is 0 Å². The summed E-state index contributed by atoms with van der Waals surface area (Å²) in [4.78, 5) is 26.7. The molecule has 7 rings (SSSR count). The van der Waals surface area contributed by atoms with Gasteiger partial charge in [-0.1, -0.05) is 66.2 Å². The van der Waals surface area contributed by atoms with Gasteiger partial charge < -0.3 is 14.2 Å². The van der Waals surface area contributed by atoms with Gasteiger partial charge in [-0.3, -0.25) is 0 Å². The monoisotopic (exact) mass is 490 g/mol. The molecule has 0 aliphatic heterocycles. The molecular formula is C32H26O5. The number of carbonyl (C=O) groups excluding carboxylic acids is 2. The van der Waals surface area contributed by atoms with Crippen molar-refractivity contribution in [1.29, 1.82) is 0 Å². The third kappa shape index (κ3) is 3.97. The minimum absolute atomic E-state index is 0.250. The Kier molecular flexibility index (Phi) is 5.76. The van der Waals surface area contributed by atoms with Crippen molar-refractivity contribution < 1.29 is 23.8 Å². The van der Waals surface area contributed by atoms with Crippen LogP contribution in [0, 0.1) is 6.92 Å². The first kappa shape index (κ1) is 23.0. The lowest BCUT2D eigenvalue weighted by atomic mass is 9.61. The highest BCUT2D eigenvalue weighted by Gasteiger charge is 2.53. The van der Waals surface area contributed by atoms with E-state index in [1.807, 2.05) is 43.3 Å². The molecule has 2 atom stereocenters. The SMILES string of the molecule is COc1ccc(C(=O)OC2C(OC(=O)c3ccc(C)cc3)[C@H]3c4ccccc4[C@H]2c2ccccc23)cc1. The van der Waals surface area contributed by atoms with Crippen LogP contribution >= 0.6 is 0 Å². The largest absolute Gasteiger partial charge is 0.497 e. The predicted octanol–water partition coefficient (Wildman–Crippen LogP) is 6.05. The number of esters is 2. The smallest absolute Gasteiger partial charge is 0.338 e. The average molecular weight is 491 g/mol. The molecule has 4 aromatic carbocycles. The fourth-order valence-corrected chi connectivity index (χ4v) is 5.65. The molecule has 0 aromatic heterocycles.